The van der Waals surface area contributed by atoms with E-state index in [1.807, 2.05) is 11.8 Å². The maximum atomic E-state index is 13.1. The van der Waals surface area contributed by atoms with E-state index in [0.29, 0.717) is 11.6 Å². The molecule has 7 heteroatoms. The second kappa shape index (κ2) is 8.41. The Morgan fingerprint density at radius 1 is 1.38 bits per heavy atom. The monoisotopic (exact) mass is 383 g/mol. The zero-order chi connectivity index (χ0) is 16.9. The summed E-state index contributed by atoms with van der Waals surface area (Å²) in [6, 6.07) is 4.54. The van der Waals surface area contributed by atoms with E-state index in [-0.39, 0.29) is 5.82 Å². The van der Waals surface area contributed by atoms with Gasteiger partial charge in [0.25, 0.3) is 0 Å². The SMILES string of the molecule is CCSc1nc2c(c(NCCc3ccc(F)cc3Cl)n1)SCCC2. The summed E-state index contributed by atoms with van der Waals surface area (Å²) in [5.74, 6) is 2.67. The van der Waals surface area contributed by atoms with Gasteiger partial charge in [0.15, 0.2) is 5.16 Å². The second-order valence-corrected chi connectivity index (χ2v) is 8.17. The summed E-state index contributed by atoms with van der Waals surface area (Å²) in [4.78, 5) is 10.5. The highest BCUT2D eigenvalue weighted by atomic mass is 35.5. The summed E-state index contributed by atoms with van der Waals surface area (Å²) in [6.07, 6.45) is 2.90. The van der Waals surface area contributed by atoms with Gasteiger partial charge in [0.2, 0.25) is 0 Å². The van der Waals surface area contributed by atoms with Crippen LogP contribution in [0.5, 0.6) is 0 Å². The molecule has 1 aromatic heterocycles. The molecule has 0 atom stereocenters. The molecular formula is C17H19ClFN3S2. The van der Waals surface area contributed by atoms with Gasteiger partial charge in [-0.05, 0) is 48.5 Å². The van der Waals surface area contributed by atoms with Crippen LogP contribution in [0.15, 0.2) is 28.3 Å². The zero-order valence-electron chi connectivity index (χ0n) is 13.4. The van der Waals surface area contributed by atoms with Crippen LogP contribution in [0.25, 0.3) is 0 Å². The number of rotatable bonds is 6. The van der Waals surface area contributed by atoms with E-state index in [1.165, 1.54) is 17.0 Å². The molecule has 0 spiro atoms. The molecule has 1 N–H and O–H groups in total. The molecule has 1 aliphatic heterocycles. The second-order valence-electron chi connectivity index (χ2n) is 5.43. The van der Waals surface area contributed by atoms with E-state index < -0.39 is 0 Å². The Balaban J connectivity index is 1.72. The Kier molecular flexibility index (Phi) is 6.25. The molecule has 0 amide bonds. The van der Waals surface area contributed by atoms with Crippen molar-refractivity contribution < 1.29 is 4.39 Å². The molecule has 1 aliphatic rings. The number of aryl methyl sites for hydroxylation is 1. The fourth-order valence-corrected chi connectivity index (χ4v) is 4.47. The summed E-state index contributed by atoms with van der Waals surface area (Å²) in [7, 11) is 0. The van der Waals surface area contributed by atoms with Crippen LogP contribution >= 0.6 is 35.1 Å². The zero-order valence-corrected chi connectivity index (χ0v) is 15.8. The molecule has 0 bridgehead atoms. The lowest BCUT2D eigenvalue weighted by atomic mass is 10.1. The van der Waals surface area contributed by atoms with Crippen molar-refractivity contribution >= 4 is 40.9 Å². The standard InChI is InChI=1S/C17H19ClFN3S2/c1-2-23-17-21-14-4-3-9-24-15(14)16(22-17)20-8-7-11-5-6-12(19)10-13(11)18/h5-6,10H,2-4,7-9H2,1H3,(H,20,21,22). The van der Waals surface area contributed by atoms with Crippen LogP contribution in [0.4, 0.5) is 10.2 Å². The van der Waals surface area contributed by atoms with Gasteiger partial charge in [-0.3, -0.25) is 0 Å². The molecule has 0 unspecified atom stereocenters. The van der Waals surface area contributed by atoms with Gasteiger partial charge in [-0.1, -0.05) is 36.4 Å². The van der Waals surface area contributed by atoms with Crippen LogP contribution < -0.4 is 5.32 Å². The number of nitrogens with one attached hydrogen (secondary N) is 1. The average molecular weight is 384 g/mol. The van der Waals surface area contributed by atoms with Crippen LogP contribution in [-0.2, 0) is 12.8 Å². The molecule has 0 radical (unpaired) electrons. The van der Waals surface area contributed by atoms with Crippen LogP contribution in [0.3, 0.4) is 0 Å². The van der Waals surface area contributed by atoms with Crippen LogP contribution in [0.2, 0.25) is 5.02 Å². The largest absolute Gasteiger partial charge is 0.369 e. The number of halogens is 2. The maximum Gasteiger partial charge on any atom is 0.189 e. The number of hydrogen-bond donors (Lipinski definition) is 1. The highest BCUT2D eigenvalue weighted by Crippen LogP contribution is 2.35. The first-order valence-electron chi connectivity index (χ1n) is 8.01. The Morgan fingerprint density at radius 2 is 2.25 bits per heavy atom. The highest BCUT2D eigenvalue weighted by molar-refractivity contribution is 7.99. The molecule has 0 saturated heterocycles. The van der Waals surface area contributed by atoms with Gasteiger partial charge in [0.05, 0.1) is 10.6 Å². The van der Waals surface area contributed by atoms with Gasteiger partial charge in [-0.15, -0.1) is 11.8 Å². The van der Waals surface area contributed by atoms with Crippen molar-refractivity contribution in [2.75, 3.05) is 23.4 Å². The summed E-state index contributed by atoms with van der Waals surface area (Å²) in [6.45, 7) is 2.80. The number of nitrogens with zero attached hydrogens (tertiary/aromatic N) is 2. The Labute approximate surface area is 155 Å². The molecule has 3 rings (SSSR count). The van der Waals surface area contributed by atoms with Crippen LogP contribution in [-0.4, -0.2) is 28.0 Å². The maximum absolute atomic E-state index is 13.1. The first-order chi connectivity index (χ1) is 11.7. The fraction of sp³-hybridized carbons (Fsp3) is 0.412. The van der Waals surface area contributed by atoms with Crippen molar-refractivity contribution in [1.82, 2.24) is 9.97 Å². The third-order valence-corrected chi connectivity index (χ3v) is 5.99. The van der Waals surface area contributed by atoms with E-state index >= 15 is 0 Å². The van der Waals surface area contributed by atoms with Crippen molar-refractivity contribution in [2.24, 2.45) is 0 Å². The van der Waals surface area contributed by atoms with E-state index in [2.05, 4.69) is 22.2 Å². The van der Waals surface area contributed by atoms with Crippen molar-refractivity contribution in [1.29, 1.82) is 0 Å². The highest BCUT2D eigenvalue weighted by Gasteiger charge is 2.18. The van der Waals surface area contributed by atoms with Gasteiger partial charge in [0.1, 0.15) is 11.6 Å². The van der Waals surface area contributed by atoms with Gasteiger partial charge < -0.3 is 5.32 Å². The number of anilines is 1. The lowest BCUT2D eigenvalue weighted by Crippen LogP contribution is -2.13. The van der Waals surface area contributed by atoms with E-state index in [1.54, 1.807) is 17.8 Å². The lowest BCUT2D eigenvalue weighted by Gasteiger charge is -2.19. The number of benzene rings is 1. The molecule has 2 aromatic rings. The summed E-state index contributed by atoms with van der Waals surface area (Å²) >= 11 is 9.58. The number of hydrogen-bond acceptors (Lipinski definition) is 5. The number of thioether (sulfide) groups is 2. The van der Waals surface area contributed by atoms with Gasteiger partial charge in [-0.2, -0.15) is 0 Å². The Bertz CT molecular complexity index is 727. The summed E-state index contributed by atoms with van der Waals surface area (Å²) < 4.78 is 13.1. The molecule has 2 heterocycles. The Morgan fingerprint density at radius 3 is 3.04 bits per heavy atom. The minimum Gasteiger partial charge on any atom is -0.369 e. The predicted molar refractivity (Wildman–Crippen MR) is 101 cm³/mol. The first-order valence-corrected chi connectivity index (χ1v) is 10.4. The van der Waals surface area contributed by atoms with Gasteiger partial charge in [-0.25, -0.2) is 14.4 Å². The normalized spacial score (nSPS) is 13.6. The summed E-state index contributed by atoms with van der Waals surface area (Å²) in [5, 5.41) is 4.73. The molecule has 128 valence electrons. The topological polar surface area (TPSA) is 37.8 Å². The van der Waals surface area contributed by atoms with E-state index in [9.17, 15) is 4.39 Å². The molecule has 0 saturated carbocycles. The van der Waals surface area contributed by atoms with Crippen LogP contribution in [0, 0.1) is 5.82 Å². The van der Waals surface area contributed by atoms with Gasteiger partial charge >= 0.3 is 0 Å². The fourth-order valence-electron chi connectivity index (χ4n) is 2.56. The first kappa shape index (κ1) is 17.8. The third-order valence-electron chi connectivity index (χ3n) is 3.69. The van der Waals surface area contributed by atoms with Crippen molar-refractivity contribution in [3.63, 3.8) is 0 Å². The minimum atomic E-state index is -0.306. The van der Waals surface area contributed by atoms with Crippen molar-refractivity contribution in [3.05, 3.63) is 40.3 Å². The van der Waals surface area contributed by atoms with E-state index in [4.69, 9.17) is 11.6 Å². The Hall–Kier alpha value is -0.980. The van der Waals surface area contributed by atoms with Crippen LogP contribution in [0.1, 0.15) is 24.6 Å². The summed E-state index contributed by atoms with van der Waals surface area (Å²) in [5.41, 5.74) is 2.09. The minimum absolute atomic E-state index is 0.306. The molecule has 0 aliphatic carbocycles. The third kappa shape index (κ3) is 4.35. The predicted octanol–water partition coefficient (Wildman–Crippen LogP) is 5.07. The van der Waals surface area contributed by atoms with Crippen molar-refractivity contribution in [3.8, 4) is 0 Å². The number of aromatic nitrogens is 2. The quantitative estimate of drug-likeness (QED) is 0.556. The van der Waals surface area contributed by atoms with Gasteiger partial charge in [0, 0.05) is 11.6 Å². The molecule has 0 fully saturated rings. The smallest absolute Gasteiger partial charge is 0.189 e. The van der Waals surface area contributed by atoms with Crippen molar-refractivity contribution in [2.45, 2.75) is 36.2 Å². The molecular weight excluding hydrogens is 365 g/mol. The lowest BCUT2D eigenvalue weighted by molar-refractivity contribution is 0.627. The molecule has 24 heavy (non-hydrogen) atoms. The number of fused-ring (bicyclic) bond motifs is 1. The average Bonchev–Trinajstić information content (AvgIpc) is 2.57. The molecule has 3 nitrogen and oxygen atoms in total. The molecule has 1 aromatic carbocycles. The van der Waals surface area contributed by atoms with E-state index in [0.717, 1.165) is 53.0 Å².